The van der Waals surface area contributed by atoms with Gasteiger partial charge in [0.05, 0.1) is 17.7 Å². The van der Waals surface area contributed by atoms with E-state index in [1.807, 2.05) is 18.7 Å². The van der Waals surface area contributed by atoms with Gasteiger partial charge in [0.2, 0.25) is 5.91 Å². The molecule has 3 amide bonds. The second-order valence-electron chi connectivity index (χ2n) is 16.5. The summed E-state index contributed by atoms with van der Waals surface area (Å²) in [6.07, 6.45) is 3.65. The Bertz CT molecular complexity index is 2130. The number of fused-ring (bicyclic) bond motifs is 2. The third kappa shape index (κ3) is 8.60. The van der Waals surface area contributed by atoms with Crippen LogP contribution in [0.15, 0.2) is 47.6 Å². The number of carbonyl (C=O) groups excluding carboxylic acids is 3. The van der Waals surface area contributed by atoms with Gasteiger partial charge in [0, 0.05) is 68.3 Å². The van der Waals surface area contributed by atoms with Crippen molar-refractivity contribution in [3.63, 3.8) is 0 Å². The fourth-order valence-corrected chi connectivity index (χ4v) is 9.43. The predicted octanol–water partition coefficient (Wildman–Crippen LogP) is 6.24. The van der Waals surface area contributed by atoms with Crippen LogP contribution >= 0.6 is 0 Å². The number of anilines is 1. The lowest BCUT2D eigenvalue weighted by Crippen LogP contribution is -2.49. The average molecular weight is 812 g/mol. The van der Waals surface area contributed by atoms with Crippen molar-refractivity contribution in [2.24, 2.45) is 11.0 Å². The van der Waals surface area contributed by atoms with Crippen LogP contribution in [0.4, 0.5) is 18.9 Å². The minimum absolute atomic E-state index is 0.00647. The molecular weight excluding hydrogens is 760 g/mol. The van der Waals surface area contributed by atoms with Crippen LogP contribution < -0.4 is 5.32 Å². The molecule has 0 saturated carbocycles. The quantitative estimate of drug-likeness (QED) is 0.210. The highest BCUT2D eigenvalue weighted by molar-refractivity contribution is 6.24. The Hall–Kier alpha value is -5.23. The van der Waals surface area contributed by atoms with Crippen molar-refractivity contribution in [1.29, 1.82) is 0 Å². The fraction of sp³-hybridized carbons (Fsp3) is 0.545. The Kier molecular flexibility index (Phi) is 11.8. The molecule has 2 aromatic carbocycles. The summed E-state index contributed by atoms with van der Waals surface area (Å²) >= 11 is 0. The summed E-state index contributed by atoms with van der Waals surface area (Å²) in [5.41, 5.74) is 3.55. The number of imide groups is 1. The lowest BCUT2D eigenvalue weighted by molar-refractivity contribution is -0.147. The van der Waals surface area contributed by atoms with Gasteiger partial charge in [0.1, 0.15) is 5.84 Å². The first-order valence-corrected chi connectivity index (χ1v) is 21.2. The van der Waals surface area contributed by atoms with Crippen LogP contribution in [0.3, 0.4) is 0 Å². The molecule has 59 heavy (non-hydrogen) atoms. The standard InChI is InChI=1S/C44H52F3N9O3/c1-3-5-29(2)55-41(58)35-6-4-7-36(40(35)42(55)59)48-28-39(57)54-26-20-34(21-27-54)52-22-16-31(17-23-52)9-8-30-10-12-32(13-11-30)33-18-24-53(25-19-33)38-15-14-37-49-50-43(44(45,46)47)56(37)51-38/h4,6-7,10-13,29,31,33-34,48H,3,5,14-28H2,1-2H3. The molecule has 6 heterocycles. The van der Waals surface area contributed by atoms with Crippen LogP contribution in [-0.4, -0.2) is 116 Å². The molecule has 8 rings (SSSR count). The molecule has 5 aliphatic rings. The molecule has 1 unspecified atom stereocenters. The number of hydrogen-bond donors (Lipinski definition) is 1. The van der Waals surface area contributed by atoms with Crippen molar-refractivity contribution < 1.29 is 27.6 Å². The van der Waals surface area contributed by atoms with Crippen LogP contribution in [0.2, 0.25) is 0 Å². The summed E-state index contributed by atoms with van der Waals surface area (Å²) in [4.78, 5) is 47.5. The number of nitrogens with zero attached hydrogens (tertiary/aromatic N) is 8. The van der Waals surface area contributed by atoms with Crippen LogP contribution in [0.5, 0.6) is 0 Å². The summed E-state index contributed by atoms with van der Waals surface area (Å²) < 4.78 is 41.0. The summed E-state index contributed by atoms with van der Waals surface area (Å²) in [7, 11) is 0. The van der Waals surface area contributed by atoms with E-state index in [-0.39, 0.29) is 36.1 Å². The van der Waals surface area contributed by atoms with Crippen LogP contribution in [0.1, 0.15) is 121 Å². The first kappa shape index (κ1) is 40.5. The number of carbonyl (C=O) groups is 3. The third-order valence-electron chi connectivity index (χ3n) is 12.8. The van der Waals surface area contributed by atoms with Crippen molar-refractivity contribution in [2.75, 3.05) is 51.1 Å². The van der Waals surface area contributed by atoms with E-state index in [0.29, 0.717) is 66.5 Å². The molecule has 1 N–H and O–H groups in total. The van der Waals surface area contributed by atoms with E-state index in [2.05, 4.69) is 66.5 Å². The van der Waals surface area contributed by atoms with Gasteiger partial charge in [0.15, 0.2) is 5.82 Å². The number of rotatable bonds is 8. The van der Waals surface area contributed by atoms with Crippen molar-refractivity contribution in [3.05, 3.63) is 76.4 Å². The number of hydrogen-bond acceptors (Lipinski definition) is 9. The van der Waals surface area contributed by atoms with Crippen molar-refractivity contribution in [2.45, 2.75) is 102 Å². The monoisotopic (exact) mass is 811 g/mol. The van der Waals surface area contributed by atoms with E-state index in [9.17, 15) is 27.6 Å². The molecule has 312 valence electrons. The van der Waals surface area contributed by atoms with E-state index >= 15 is 0 Å². The van der Waals surface area contributed by atoms with Gasteiger partial charge in [-0.3, -0.25) is 19.3 Å². The van der Waals surface area contributed by atoms with E-state index in [0.717, 1.165) is 87.8 Å². The van der Waals surface area contributed by atoms with E-state index in [1.165, 1.54) is 10.5 Å². The molecule has 0 radical (unpaired) electrons. The summed E-state index contributed by atoms with van der Waals surface area (Å²) in [6.45, 7) is 8.85. The second kappa shape index (κ2) is 17.2. The number of aromatic nitrogens is 3. The van der Waals surface area contributed by atoms with Gasteiger partial charge >= 0.3 is 6.18 Å². The second-order valence-corrected chi connectivity index (χ2v) is 16.5. The van der Waals surface area contributed by atoms with Crippen LogP contribution in [0, 0.1) is 17.8 Å². The molecule has 1 aromatic heterocycles. The number of likely N-dealkylation sites (tertiary alicyclic amines) is 3. The molecule has 3 saturated heterocycles. The van der Waals surface area contributed by atoms with Crippen molar-refractivity contribution in [1.82, 2.24) is 34.5 Å². The van der Waals surface area contributed by atoms with Gasteiger partial charge in [-0.1, -0.05) is 43.4 Å². The number of alkyl halides is 3. The highest BCUT2D eigenvalue weighted by atomic mass is 19.4. The SMILES string of the molecule is CCCC(C)N1C(=O)c2cccc(NCC(=O)N3CCC(N4CCC(C#Cc5ccc(C6CCN(C7=Nn8c(nnc8C(F)(F)F)CC7)CC6)cc5)CC4)CC3)c2C1=O. The largest absolute Gasteiger partial charge is 0.453 e. The zero-order chi connectivity index (χ0) is 41.3. The maximum atomic E-state index is 13.4. The van der Waals surface area contributed by atoms with Gasteiger partial charge < -0.3 is 20.0 Å². The number of halogens is 3. The lowest BCUT2D eigenvalue weighted by atomic mass is 9.88. The summed E-state index contributed by atoms with van der Waals surface area (Å²) in [5, 5.41) is 14.5. The number of benzene rings is 2. The Morgan fingerprint density at radius 3 is 2.32 bits per heavy atom. The van der Waals surface area contributed by atoms with Gasteiger partial charge in [-0.2, -0.15) is 22.9 Å². The topological polar surface area (TPSA) is 119 Å². The Labute approximate surface area is 343 Å². The molecule has 1 atom stereocenters. The number of aryl methyl sites for hydroxylation is 1. The first-order chi connectivity index (χ1) is 28.5. The molecule has 15 heteroatoms. The zero-order valence-corrected chi connectivity index (χ0v) is 33.8. The molecule has 0 bridgehead atoms. The summed E-state index contributed by atoms with van der Waals surface area (Å²) in [5.74, 6) is 6.93. The average Bonchev–Trinajstić information content (AvgIpc) is 3.81. The predicted molar refractivity (Wildman–Crippen MR) is 217 cm³/mol. The molecule has 0 aliphatic carbocycles. The smallest absolute Gasteiger partial charge is 0.375 e. The Morgan fingerprint density at radius 1 is 0.898 bits per heavy atom. The Balaban J connectivity index is 0.757. The van der Waals surface area contributed by atoms with Gasteiger partial charge in [-0.15, -0.1) is 10.2 Å². The van der Waals surface area contributed by atoms with Gasteiger partial charge in [0.25, 0.3) is 17.6 Å². The van der Waals surface area contributed by atoms with Crippen molar-refractivity contribution in [3.8, 4) is 11.8 Å². The summed E-state index contributed by atoms with van der Waals surface area (Å²) in [6, 6.07) is 14.0. The Morgan fingerprint density at radius 2 is 1.63 bits per heavy atom. The third-order valence-corrected chi connectivity index (χ3v) is 12.8. The molecule has 0 spiro atoms. The normalized spacial score (nSPS) is 20.2. The van der Waals surface area contributed by atoms with Gasteiger partial charge in [-0.05, 0) is 101 Å². The molecular formula is C44H52F3N9O3. The molecule has 12 nitrogen and oxygen atoms in total. The number of amidine groups is 1. The van der Waals surface area contributed by atoms with Crippen LogP contribution in [-0.2, 0) is 17.4 Å². The minimum atomic E-state index is -4.60. The zero-order valence-electron chi connectivity index (χ0n) is 33.8. The maximum absolute atomic E-state index is 13.4. The highest BCUT2D eigenvalue weighted by Crippen LogP contribution is 2.34. The van der Waals surface area contributed by atoms with E-state index in [4.69, 9.17) is 0 Å². The molecule has 5 aliphatic heterocycles. The number of amides is 3. The molecule has 3 aromatic rings. The van der Waals surface area contributed by atoms with E-state index in [1.54, 1.807) is 18.2 Å². The van der Waals surface area contributed by atoms with Crippen LogP contribution in [0.25, 0.3) is 0 Å². The van der Waals surface area contributed by atoms with E-state index < -0.39 is 12.0 Å². The molecule has 3 fully saturated rings. The maximum Gasteiger partial charge on any atom is 0.453 e. The van der Waals surface area contributed by atoms with Crippen molar-refractivity contribution >= 4 is 29.2 Å². The lowest BCUT2D eigenvalue weighted by Gasteiger charge is -2.41. The minimum Gasteiger partial charge on any atom is -0.375 e. The first-order valence-electron chi connectivity index (χ1n) is 21.2. The van der Waals surface area contributed by atoms with Gasteiger partial charge in [-0.25, -0.2) is 0 Å². The fourth-order valence-electron chi connectivity index (χ4n) is 9.43. The highest BCUT2D eigenvalue weighted by Gasteiger charge is 2.41. The number of piperidine rings is 3. The number of nitrogens with one attached hydrogen (secondary N) is 1.